The monoisotopic (exact) mass is 359 g/mol. The Kier molecular flexibility index (Phi) is 4.46. The molecule has 1 N–H and O–H groups in total. The standard InChI is InChI=1S/C21H17N3OS/c1-15-12-16(14-24(15)18-10-6-3-7-11-18)13-19-20(25)23-21(26-19)22-17-8-4-2-5-9-17/h2-14H,1H3,(H,22,23,25)/b19-13+. The van der Waals surface area contributed by atoms with Gasteiger partial charge in [-0.15, -0.1) is 0 Å². The fourth-order valence-corrected chi connectivity index (χ4v) is 3.64. The normalized spacial score (nSPS) is 17.0. The van der Waals surface area contributed by atoms with Crippen molar-refractivity contribution in [3.05, 3.63) is 89.1 Å². The number of aliphatic imine (C=N–C) groups is 1. The van der Waals surface area contributed by atoms with Crippen molar-refractivity contribution in [2.75, 3.05) is 0 Å². The molecule has 0 aliphatic carbocycles. The van der Waals surface area contributed by atoms with Crippen LogP contribution in [0.15, 0.2) is 82.8 Å². The first-order chi connectivity index (χ1) is 12.7. The molecule has 4 rings (SSSR count). The average molecular weight is 359 g/mol. The Balaban J connectivity index is 1.59. The van der Waals surface area contributed by atoms with E-state index in [-0.39, 0.29) is 5.91 Å². The molecule has 1 aliphatic rings. The number of hydrogen-bond acceptors (Lipinski definition) is 3. The van der Waals surface area contributed by atoms with Gasteiger partial charge in [0, 0.05) is 17.6 Å². The van der Waals surface area contributed by atoms with E-state index >= 15 is 0 Å². The second-order valence-electron chi connectivity index (χ2n) is 5.94. The van der Waals surface area contributed by atoms with Crippen molar-refractivity contribution in [2.45, 2.75) is 6.92 Å². The minimum absolute atomic E-state index is 0.116. The van der Waals surface area contributed by atoms with Gasteiger partial charge in [0.05, 0.1) is 10.6 Å². The molecule has 2 aromatic carbocycles. The zero-order chi connectivity index (χ0) is 17.9. The van der Waals surface area contributed by atoms with Gasteiger partial charge in [0.25, 0.3) is 5.91 Å². The zero-order valence-corrected chi connectivity index (χ0v) is 15.0. The lowest BCUT2D eigenvalue weighted by atomic mass is 10.3. The highest BCUT2D eigenvalue weighted by Gasteiger charge is 2.24. The molecule has 1 aromatic heterocycles. The highest BCUT2D eigenvalue weighted by molar-refractivity contribution is 8.18. The van der Waals surface area contributed by atoms with Crippen LogP contribution in [-0.2, 0) is 4.79 Å². The van der Waals surface area contributed by atoms with Crippen molar-refractivity contribution in [2.24, 2.45) is 4.99 Å². The topological polar surface area (TPSA) is 46.4 Å². The van der Waals surface area contributed by atoms with Crippen LogP contribution in [0.3, 0.4) is 0 Å². The summed E-state index contributed by atoms with van der Waals surface area (Å²) in [6.45, 7) is 2.05. The lowest BCUT2D eigenvalue weighted by molar-refractivity contribution is -0.115. The van der Waals surface area contributed by atoms with E-state index in [1.54, 1.807) is 0 Å². The Hall–Kier alpha value is -3.05. The van der Waals surface area contributed by atoms with E-state index in [1.807, 2.05) is 60.8 Å². The van der Waals surface area contributed by atoms with Gasteiger partial charge in [0.2, 0.25) is 0 Å². The maximum Gasteiger partial charge on any atom is 0.264 e. The van der Waals surface area contributed by atoms with Gasteiger partial charge in [-0.2, -0.15) is 0 Å². The predicted molar refractivity (Wildman–Crippen MR) is 108 cm³/mol. The molecule has 0 saturated carbocycles. The molecule has 0 bridgehead atoms. The number of hydrogen-bond donors (Lipinski definition) is 1. The number of benzene rings is 2. The quantitative estimate of drug-likeness (QED) is 0.690. The van der Waals surface area contributed by atoms with Crippen molar-refractivity contribution >= 4 is 34.6 Å². The van der Waals surface area contributed by atoms with E-state index in [1.165, 1.54) is 11.8 Å². The van der Waals surface area contributed by atoms with Crippen LogP contribution >= 0.6 is 11.8 Å². The molecule has 1 amide bonds. The molecule has 0 radical (unpaired) electrons. The van der Waals surface area contributed by atoms with Gasteiger partial charge in [-0.3, -0.25) is 4.79 Å². The molecule has 128 valence electrons. The average Bonchev–Trinajstić information content (AvgIpc) is 3.19. The van der Waals surface area contributed by atoms with E-state index in [4.69, 9.17) is 0 Å². The minimum Gasteiger partial charge on any atom is -0.321 e. The van der Waals surface area contributed by atoms with Crippen molar-refractivity contribution in [3.63, 3.8) is 0 Å². The summed E-state index contributed by atoms with van der Waals surface area (Å²) in [5, 5.41) is 3.43. The molecule has 0 unspecified atom stereocenters. The van der Waals surface area contributed by atoms with Crippen LogP contribution in [0.5, 0.6) is 0 Å². The Morgan fingerprint density at radius 2 is 1.73 bits per heavy atom. The molecular weight excluding hydrogens is 342 g/mol. The molecule has 2 heterocycles. The molecule has 26 heavy (non-hydrogen) atoms. The van der Waals surface area contributed by atoms with Crippen LogP contribution in [0, 0.1) is 6.92 Å². The number of aromatic nitrogens is 1. The first-order valence-electron chi connectivity index (χ1n) is 8.28. The van der Waals surface area contributed by atoms with Gasteiger partial charge in [0.15, 0.2) is 5.17 Å². The number of aryl methyl sites for hydroxylation is 1. The van der Waals surface area contributed by atoms with Crippen LogP contribution in [0.4, 0.5) is 5.69 Å². The van der Waals surface area contributed by atoms with E-state index in [2.05, 4.69) is 40.0 Å². The number of nitrogens with zero attached hydrogens (tertiary/aromatic N) is 2. The lowest BCUT2D eigenvalue weighted by Crippen LogP contribution is -2.19. The fraction of sp³-hybridized carbons (Fsp3) is 0.0476. The summed E-state index contributed by atoms with van der Waals surface area (Å²) in [6.07, 6.45) is 3.94. The number of amides is 1. The molecule has 1 saturated heterocycles. The number of para-hydroxylation sites is 2. The summed E-state index contributed by atoms with van der Waals surface area (Å²) in [6, 6.07) is 21.8. The second kappa shape index (κ2) is 7.06. The Morgan fingerprint density at radius 1 is 1.04 bits per heavy atom. The lowest BCUT2D eigenvalue weighted by Gasteiger charge is -2.04. The summed E-state index contributed by atoms with van der Waals surface area (Å²) in [5.74, 6) is -0.116. The summed E-state index contributed by atoms with van der Waals surface area (Å²) in [7, 11) is 0. The maximum absolute atomic E-state index is 12.3. The summed E-state index contributed by atoms with van der Waals surface area (Å²) in [5.41, 5.74) is 4.03. The third-order valence-corrected chi connectivity index (χ3v) is 4.91. The van der Waals surface area contributed by atoms with Gasteiger partial charge < -0.3 is 9.88 Å². The van der Waals surface area contributed by atoms with Gasteiger partial charge >= 0.3 is 0 Å². The summed E-state index contributed by atoms with van der Waals surface area (Å²) in [4.78, 5) is 17.4. The predicted octanol–water partition coefficient (Wildman–Crippen LogP) is 4.68. The second-order valence-corrected chi connectivity index (χ2v) is 6.97. The van der Waals surface area contributed by atoms with Crippen molar-refractivity contribution in [1.29, 1.82) is 0 Å². The Bertz CT molecular complexity index is 1000. The zero-order valence-electron chi connectivity index (χ0n) is 14.2. The molecule has 3 aromatic rings. The number of rotatable bonds is 3. The summed E-state index contributed by atoms with van der Waals surface area (Å²) >= 11 is 1.36. The van der Waals surface area contributed by atoms with Crippen LogP contribution in [0.25, 0.3) is 11.8 Å². The number of carbonyl (C=O) groups is 1. The van der Waals surface area contributed by atoms with Crippen molar-refractivity contribution in [1.82, 2.24) is 9.88 Å². The van der Waals surface area contributed by atoms with Gasteiger partial charge in [0.1, 0.15) is 0 Å². The number of nitrogens with one attached hydrogen (secondary N) is 1. The van der Waals surface area contributed by atoms with E-state index in [0.717, 1.165) is 22.6 Å². The summed E-state index contributed by atoms with van der Waals surface area (Å²) < 4.78 is 2.11. The molecule has 1 fully saturated rings. The fourth-order valence-electron chi connectivity index (χ4n) is 2.80. The van der Waals surface area contributed by atoms with Gasteiger partial charge in [-0.05, 0) is 60.7 Å². The van der Waals surface area contributed by atoms with Crippen LogP contribution in [-0.4, -0.2) is 15.6 Å². The van der Waals surface area contributed by atoms with Crippen LogP contribution in [0.2, 0.25) is 0 Å². The molecule has 5 heteroatoms. The number of thioether (sulfide) groups is 1. The highest BCUT2D eigenvalue weighted by Crippen LogP contribution is 2.28. The van der Waals surface area contributed by atoms with Gasteiger partial charge in [-0.25, -0.2) is 4.99 Å². The Labute approximate surface area is 156 Å². The van der Waals surface area contributed by atoms with Crippen molar-refractivity contribution < 1.29 is 4.79 Å². The SMILES string of the molecule is Cc1cc(/C=C2/SC(=Nc3ccccc3)NC2=O)cn1-c1ccccc1. The molecule has 0 spiro atoms. The number of amidine groups is 1. The first kappa shape index (κ1) is 16.4. The molecule has 4 nitrogen and oxygen atoms in total. The molecular formula is C21H17N3OS. The van der Waals surface area contributed by atoms with E-state index in [0.29, 0.717) is 10.1 Å². The maximum atomic E-state index is 12.3. The van der Waals surface area contributed by atoms with E-state index in [9.17, 15) is 4.79 Å². The number of carbonyl (C=O) groups excluding carboxylic acids is 1. The van der Waals surface area contributed by atoms with Crippen LogP contribution in [0.1, 0.15) is 11.3 Å². The largest absolute Gasteiger partial charge is 0.321 e. The minimum atomic E-state index is -0.116. The molecule has 0 atom stereocenters. The Morgan fingerprint density at radius 3 is 2.46 bits per heavy atom. The third kappa shape index (κ3) is 3.48. The van der Waals surface area contributed by atoms with Crippen LogP contribution < -0.4 is 5.32 Å². The highest BCUT2D eigenvalue weighted by atomic mass is 32.2. The smallest absolute Gasteiger partial charge is 0.264 e. The third-order valence-electron chi connectivity index (χ3n) is 4.00. The van der Waals surface area contributed by atoms with Crippen molar-refractivity contribution in [3.8, 4) is 5.69 Å². The van der Waals surface area contributed by atoms with Gasteiger partial charge in [-0.1, -0.05) is 36.4 Å². The first-order valence-corrected chi connectivity index (χ1v) is 9.10. The van der Waals surface area contributed by atoms with E-state index < -0.39 is 0 Å². The molecule has 1 aliphatic heterocycles.